The lowest BCUT2D eigenvalue weighted by molar-refractivity contribution is -0.0299. The summed E-state index contributed by atoms with van der Waals surface area (Å²) < 4.78 is 10.6. The average molecular weight is 378 g/mol. The standard InChI is InChI=1S/C23H26N2O3/c1-2-27-22(26)28-23(13-5-6-14-23)17-25-16-18-9-11-19(12-10-18)21-8-4-3-7-20(21)15-24/h3-4,7-12,25H,2,5-6,13-14,16-17H2,1H3. The lowest BCUT2D eigenvalue weighted by Crippen LogP contribution is -2.42. The van der Waals surface area contributed by atoms with Crippen LogP contribution in [0, 0.1) is 11.3 Å². The van der Waals surface area contributed by atoms with Crippen LogP contribution in [0.3, 0.4) is 0 Å². The van der Waals surface area contributed by atoms with E-state index in [1.807, 2.05) is 36.4 Å². The summed E-state index contributed by atoms with van der Waals surface area (Å²) in [4.78, 5) is 11.8. The van der Waals surface area contributed by atoms with E-state index in [-0.39, 0.29) is 0 Å². The first kappa shape index (κ1) is 19.9. The molecule has 146 valence electrons. The number of benzene rings is 2. The zero-order chi connectivity index (χ0) is 19.8. The Kier molecular flexibility index (Phi) is 6.67. The molecule has 1 N–H and O–H groups in total. The zero-order valence-corrected chi connectivity index (χ0v) is 16.2. The normalized spacial score (nSPS) is 15.0. The first-order chi connectivity index (χ1) is 13.7. The van der Waals surface area contributed by atoms with Crippen molar-refractivity contribution in [2.24, 2.45) is 0 Å². The number of rotatable bonds is 7. The third kappa shape index (κ3) is 4.90. The second-order valence-corrected chi connectivity index (χ2v) is 7.13. The number of nitrogens with one attached hydrogen (secondary N) is 1. The van der Waals surface area contributed by atoms with Gasteiger partial charge in [-0.2, -0.15) is 5.26 Å². The number of carbonyl (C=O) groups excluding carboxylic acids is 1. The summed E-state index contributed by atoms with van der Waals surface area (Å²) in [6.07, 6.45) is 3.28. The second-order valence-electron chi connectivity index (χ2n) is 7.13. The van der Waals surface area contributed by atoms with Crippen LogP contribution in [-0.4, -0.2) is 24.9 Å². The Labute approximate surface area is 166 Å². The topological polar surface area (TPSA) is 71.3 Å². The Balaban J connectivity index is 1.59. The number of carbonyl (C=O) groups is 1. The highest BCUT2D eigenvalue weighted by Gasteiger charge is 2.38. The van der Waals surface area contributed by atoms with E-state index in [9.17, 15) is 10.1 Å². The molecule has 0 heterocycles. The predicted molar refractivity (Wildman–Crippen MR) is 108 cm³/mol. The highest BCUT2D eigenvalue weighted by atomic mass is 16.7. The van der Waals surface area contributed by atoms with E-state index in [2.05, 4.69) is 23.5 Å². The molecule has 0 spiro atoms. The number of nitriles is 1. The molecule has 0 aromatic heterocycles. The summed E-state index contributed by atoms with van der Waals surface area (Å²) in [5.74, 6) is 0. The molecule has 0 amide bonds. The summed E-state index contributed by atoms with van der Waals surface area (Å²) in [5, 5.41) is 12.7. The third-order valence-electron chi connectivity index (χ3n) is 5.17. The largest absolute Gasteiger partial charge is 0.508 e. The second kappa shape index (κ2) is 9.38. The van der Waals surface area contributed by atoms with Gasteiger partial charge in [0.25, 0.3) is 0 Å². The average Bonchev–Trinajstić information content (AvgIpc) is 3.17. The Morgan fingerprint density at radius 3 is 2.54 bits per heavy atom. The molecule has 2 aromatic rings. The molecule has 1 aliphatic rings. The molecule has 3 rings (SSSR count). The number of hydrogen-bond acceptors (Lipinski definition) is 5. The minimum absolute atomic E-state index is 0.323. The van der Waals surface area contributed by atoms with Gasteiger partial charge in [-0.3, -0.25) is 0 Å². The molecule has 5 nitrogen and oxygen atoms in total. The maximum Gasteiger partial charge on any atom is 0.508 e. The van der Waals surface area contributed by atoms with E-state index in [0.717, 1.165) is 42.4 Å². The van der Waals surface area contributed by atoms with Gasteiger partial charge in [0, 0.05) is 13.1 Å². The molecule has 0 aliphatic heterocycles. The van der Waals surface area contributed by atoms with Crippen LogP contribution in [0.2, 0.25) is 0 Å². The number of nitrogens with zero attached hydrogens (tertiary/aromatic N) is 1. The quantitative estimate of drug-likeness (QED) is 0.701. The maximum atomic E-state index is 11.8. The Hall–Kier alpha value is -2.84. The molecular formula is C23H26N2O3. The molecule has 1 fully saturated rings. The number of ether oxygens (including phenoxy) is 2. The van der Waals surface area contributed by atoms with E-state index in [4.69, 9.17) is 9.47 Å². The van der Waals surface area contributed by atoms with Crippen LogP contribution in [0.1, 0.15) is 43.7 Å². The van der Waals surface area contributed by atoms with Crippen molar-refractivity contribution in [3.05, 3.63) is 59.7 Å². The van der Waals surface area contributed by atoms with Crippen molar-refractivity contribution in [3.8, 4) is 17.2 Å². The van der Waals surface area contributed by atoms with E-state index in [1.54, 1.807) is 6.92 Å². The fraction of sp³-hybridized carbons (Fsp3) is 0.391. The van der Waals surface area contributed by atoms with Gasteiger partial charge in [-0.05, 0) is 55.4 Å². The van der Waals surface area contributed by atoms with E-state index >= 15 is 0 Å². The van der Waals surface area contributed by atoms with Crippen LogP contribution in [0.15, 0.2) is 48.5 Å². The first-order valence-electron chi connectivity index (χ1n) is 9.81. The summed E-state index contributed by atoms with van der Waals surface area (Å²) in [7, 11) is 0. The van der Waals surface area contributed by atoms with Gasteiger partial charge in [0.05, 0.1) is 18.2 Å². The monoisotopic (exact) mass is 378 g/mol. The summed E-state index contributed by atoms with van der Waals surface area (Å²) in [6, 6.07) is 18.0. The highest BCUT2D eigenvalue weighted by molar-refractivity contribution is 5.70. The lowest BCUT2D eigenvalue weighted by Gasteiger charge is -2.28. The van der Waals surface area contributed by atoms with Crippen LogP contribution in [0.25, 0.3) is 11.1 Å². The van der Waals surface area contributed by atoms with Gasteiger partial charge in [0.15, 0.2) is 0 Å². The van der Waals surface area contributed by atoms with Crippen molar-refractivity contribution in [1.82, 2.24) is 5.32 Å². The van der Waals surface area contributed by atoms with Crippen molar-refractivity contribution < 1.29 is 14.3 Å². The third-order valence-corrected chi connectivity index (χ3v) is 5.17. The van der Waals surface area contributed by atoms with Gasteiger partial charge in [-0.1, -0.05) is 42.5 Å². The molecule has 1 aliphatic carbocycles. The minimum atomic E-state index is -0.577. The first-order valence-corrected chi connectivity index (χ1v) is 9.81. The van der Waals surface area contributed by atoms with Crippen molar-refractivity contribution in [2.45, 2.75) is 44.8 Å². The molecule has 0 radical (unpaired) electrons. The highest BCUT2D eigenvalue weighted by Crippen LogP contribution is 2.33. The smallest absolute Gasteiger partial charge is 0.435 e. The van der Waals surface area contributed by atoms with Crippen LogP contribution < -0.4 is 5.32 Å². The van der Waals surface area contributed by atoms with E-state index in [0.29, 0.717) is 25.3 Å². The van der Waals surface area contributed by atoms with Gasteiger partial charge >= 0.3 is 6.16 Å². The Morgan fingerprint density at radius 1 is 1.14 bits per heavy atom. The fourth-order valence-corrected chi connectivity index (χ4v) is 3.73. The maximum absolute atomic E-state index is 11.8. The van der Waals surface area contributed by atoms with Crippen LogP contribution in [0.4, 0.5) is 4.79 Å². The van der Waals surface area contributed by atoms with Crippen LogP contribution >= 0.6 is 0 Å². The molecule has 5 heteroatoms. The molecule has 1 saturated carbocycles. The molecule has 0 atom stereocenters. The SMILES string of the molecule is CCOC(=O)OC1(CNCc2ccc(-c3ccccc3C#N)cc2)CCCC1. The van der Waals surface area contributed by atoms with Crippen molar-refractivity contribution in [2.75, 3.05) is 13.2 Å². The molecular weight excluding hydrogens is 352 g/mol. The van der Waals surface area contributed by atoms with Gasteiger partial charge < -0.3 is 14.8 Å². The molecule has 0 bridgehead atoms. The molecule has 0 unspecified atom stereocenters. The van der Waals surface area contributed by atoms with Crippen molar-refractivity contribution in [3.63, 3.8) is 0 Å². The fourth-order valence-electron chi connectivity index (χ4n) is 3.73. The van der Waals surface area contributed by atoms with Crippen molar-refractivity contribution in [1.29, 1.82) is 5.26 Å². The minimum Gasteiger partial charge on any atom is -0.435 e. The van der Waals surface area contributed by atoms with Gasteiger partial charge in [-0.25, -0.2) is 4.79 Å². The van der Waals surface area contributed by atoms with E-state index in [1.165, 1.54) is 0 Å². The van der Waals surface area contributed by atoms with Crippen molar-refractivity contribution >= 4 is 6.16 Å². The molecule has 0 saturated heterocycles. The van der Waals surface area contributed by atoms with Gasteiger partial charge in [0.2, 0.25) is 0 Å². The number of hydrogen-bond donors (Lipinski definition) is 1. The predicted octanol–water partition coefficient (Wildman–Crippen LogP) is 4.80. The van der Waals surface area contributed by atoms with Crippen LogP contribution in [0.5, 0.6) is 0 Å². The van der Waals surface area contributed by atoms with Gasteiger partial charge in [-0.15, -0.1) is 0 Å². The summed E-state index contributed by atoms with van der Waals surface area (Å²) in [5.41, 5.74) is 3.32. The summed E-state index contributed by atoms with van der Waals surface area (Å²) in [6.45, 7) is 3.40. The lowest BCUT2D eigenvalue weighted by atomic mass is 9.99. The summed E-state index contributed by atoms with van der Waals surface area (Å²) >= 11 is 0. The Bertz CT molecular complexity index is 834. The zero-order valence-electron chi connectivity index (χ0n) is 16.2. The molecule has 28 heavy (non-hydrogen) atoms. The molecule has 2 aromatic carbocycles. The Morgan fingerprint density at radius 2 is 1.86 bits per heavy atom. The van der Waals surface area contributed by atoms with E-state index < -0.39 is 11.8 Å². The van der Waals surface area contributed by atoms with Gasteiger partial charge in [0.1, 0.15) is 5.60 Å². The van der Waals surface area contributed by atoms with Crippen LogP contribution in [-0.2, 0) is 16.0 Å².